The summed E-state index contributed by atoms with van der Waals surface area (Å²) in [5, 5.41) is 14.1. The topological polar surface area (TPSA) is 78.6 Å². The highest BCUT2D eigenvalue weighted by Gasteiger charge is 2.17. The predicted octanol–water partition coefficient (Wildman–Crippen LogP) is -0.254. The second-order valence-electron chi connectivity index (χ2n) is 1.80. The Morgan fingerprint density at radius 1 is 1.83 bits per heavy atom. The number of oxime groups is 1. The highest BCUT2D eigenvalue weighted by molar-refractivity contribution is 7.93. The summed E-state index contributed by atoms with van der Waals surface area (Å²) in [6.45, 7) is 0. The summed E-state index contributed by atoms with van der Waals surface area (Å²) >= 11 is 5.62. The summed E-state index contributed by atoms with van der Waals surface area (Å²) in [5.74, 6) is 0.309. The normalized spacial score (nSPS) is 15.2. The lowest BCUT2D eigenvalue weighted by Crippen LogP contribution is -2.25. The Morgan fingerprint density at radius 2 is 2.67 bits per heavy atom. The second kappa shape index (κ2) is 2.68. The van der Waals surface area contributed by atoms with Gasteiger partial charge in [0.2, 0.25) is 12.2 Å². The van der Waals surface area contributed by atoms with Gasteiger partial charge in [-0.3, -0.25) is 4.28 Å². The van der Waals surface area contributed by atoms with Crippen LogP contribution in [0.3, 0.4) is 0 Å². The van der Waals surface area contributed by atoms with Gasteiger partial charge in [0.25, 0.3) is 11.2 Å². The van der Waals surface area contributed by atoms with Crippen LogP contribution >= 0.6 is 24.4 Å². The lowest BCUT2D eigenvalue weighted by Gasteiger charge is -1.86. The van der Waals surface area contributed by atoms with Crippen molar-refractivity contribution in [1.82, 2.24) is 9.29 Å². The minimum atomic E-state index is 0.00218. The van der Waals surface area contributed by atoms with Crippen molar-refractivity contribution in [1.29, 1.82) is 0 Å². The zero-order chi connectivity index (χ0) is 8.55. The highest BCUT2D eigenvalue weighted by atomic mass is 32.2. The third kappa shape index (κ3) is 1.12. The van der Waals surface area contributed by atoms with Crippen LogP contribution in [0.4, 0.5) is 0 Å². The van der Waals surface area contributed by atoms with Crippen LogP contribution in [0, 0.1) is 10.0 Å². The lowest BCUT2D eigenvalue weighted by molar-refractivity contribution is -0.794. The number of nitrogens with zero attached hydrogens (tertiary/aromatic N) is 3. The molecular formula is C3H2N4O3S2. The molecule has 1 aliphatic rings. The molecule has 0 aliphatic carbocycles. The van der Waals surface area contributed by atoms with E-state index in [2.05, 4.69) is 18.7 Å². The smallest absolute Gasteiger partial charge is 0.348 e. The van der Waals surface area contributed by atoms with Gasteiger partial charge in [-0.25, -0.2) is 4.72 Å². The molecule has 0 amide bonds. The first-order valence-corrected chi connectivity index (χ1v) is 3.91. The maximum Gasteiger partial charge on any atom is 0.348 e. The van der Waals surface area contributed by atoms with Crippen molar-refractivity contribution in [3.05, 3.63) is 16.4 Å². The molecule has 1 aliphatic heterocycles. The van der Waals surface area contributed by atoms with Gasteiger partial charge in [0, 0.05) is 0 Å². The lowest BCUT2D eigenvalue weighted by atomic mass is 10.9. The van der Waals surface area contributed by atoms with Crippen LogP contribution in [0.5, 0.6) is 0 Å². The zero-order valence-corrected chi connectivity index (χ0v) is 7.09. The molecule has 0 fully saturated rings. The molecule has 0 bridgehead atoms. The Labute approximate surface area is 75.5 Å². The van der Waals surface area contributed by atoms with Gasteiger partial charge < -0.3 is 9.73 Å². The Hall–Kier alpha value is -1.22. The molecule has 0 radical (unpaired) electrons. The van der Waals surface area contributed by atoms with Gasteiger partial charge in [0.1, 0.15) is 0 Å². The quantitative estimate of drug-likeness (QED) is 0.273. The average Bonchev–Trinajstić information content (AvgIpc) is 2.58. The van der Waals surface area contributed by atoms with Crippen LogP contribution in [-0.2, 0) is 4.28 Å². The van der Waals surface area contributed by atoms with Crippen LogP contribution in [0.1, 0.15) is 0 Å². The van der Waals surface area contributed by atoms with Gasteiger partial charge in [0.15, 0.2) is 0 Å². The summed E-state index contributed by atoms with van der Waals surface area (Å²) < 4.78 is 12.9. The molecule has 7 nitrogen and oxygen atoms in total. The average molecular weight is 206 g/mol. The molecule has 0 unspecified atom stereocenters. The number of hydrogen-bond donors (Lipinski definition) is 1. The van der Waals surface area contributed by atoms with Crippen LogP contribution < -0.4 is 9.63 Å². The first-order valence-electron chi connectivity index (χ1n) is 2.76. The fraction of sp³-hybridized carbons (Fsp3) is 0. The number of aromatic nitrogens is 2. The Morgan fingerprint density at radius 3 is 3.17 bits per heavy atom. The van der Waals surface area contributed by atoms with Gasteiger partial charge in [-0.1, -0.05) is 0 Å². The largest absolute Gasteiger partial charge is 0.387 e. The third-order valence-corrected chi connectivity index (χ3v) is 1.78. The monoisotopic (exact) mass is 206 g/mol. The Bertz CT molecular complexity index is 381. The Kier molecular flexibility index (Phi) is 1.66. The molecule has 9 heteroatoms. The van der Waals surface area contributed by atoms with Crippen molar-refractivity contribution in [2.24, 2.45) is 5.16 Å². The molecule has 1 N–H and O–H groups in total. The summed E-state index contributed by atoms with van der Waals surface area (Å²) in [6, 6.07) is 0. The molecule has 64 valence electrons. The van der Waals surface area contributed by atoms with E-state index in [9.17, 15) is 5.21 Å². The van der Waals surface area contributed by atoms with E-state index in [0.717, 1.165) is 18.6 Å². The standard InChI is InChI=1S/C3H2N4O3S2/c8-7-1-6(3(11)9-7)2-4-10-12-5-2/h1H,(H,4,5). The van der Waals surface area contributed by atoms with E-state index in [4.69, 9.17) is 12.2 Å². The zero-order valence-electron chi connectivity index (χ0n) is 5.46. The first-order chi connectivity index (χ1) is 5.77. The fourth-order valence-corrected chi connectivity index (χ4v) is 1.21. The van der Waals surface area contributed by atoms with Crippen molar-refractivity contribution in [3.63, 3.8) is 0 Å². The van der Waals surface area contributed by atoms with Gasteiger partial charge in [-0.05, 0) is 22.3 Å². The second-order valence-corrected chi connectivity index (χ2v) is 2.67. The van der Waals surface area contributed by atoms with E-state index in [0.29, 0.717) is 5.96 Å². The highest BCUT2D eigenvalue weighted by Crippen LogP contribution is 2.06. The molecule has 2 rings (SSSR count). The number of hydrogen-bond acceptors (Lipinski definition) is 7. The van der Waals surface area contributed by atoms with Crippen LogP contribution in [0.15, 0.2) is 16.0 Å². The summed E-state index contributed by atoms with van der Waals surface area (Å²) in [4.78, 5) is 0.234. The SMILES string of the molecule is [O-][n+]1cn(C2=NOSN2)c(=S)o1. The molecule has 0 spiro atoms. The van der Waals surface area contributed by atoms with Gasteiger partial charge in [-0.2, -0.15) is 0 Å². The van der Waals surface area contributed by atoms with Gasteiger partial charge >= 0.3 is 5.96 Å². The van der Waals surface area contributed by atoms with Crippen molar-refractivity contribution >= 4 is 30.4 Å². The van der Waals surface area contributed by atoms with E-state index in [-0.39, 0.29) is 9.74 Å². The van der Waals surface area contributed by atoms with Crippen LogP contribution in [-0.4, -0.2) is 10.5 Å². The van der Waals surface area contributed by atoms with Crippen LogP contribution in [0.2, 0.25) is 0 Å². The minimum absolute atomic E-state index is 0.00218. The van der Waals surface area contributed by atoms with E-state index >= 15 is 0 Å². The predicted molar refractivity (Wildman–Crippen MR) is 41.1 cm³/mol. The molecule has 0 saturated carbocycles. The van der Waals surface area contributed by atoms with Crippen molar-refractivity contribution < 1.29 is 13.7 Å². The molecule has 0 atom stereocenters. The molecule has 2 heterocycles. The minimum Gasteiger partial charge on any atom is -0.387 e. The molecule has 12 heavy (non-hydrogen) atoms. The molecule has 1 aromatic heterocycles. The molecule has 1 aromatic rings. The summed E-state index contributed by atoms with van der Waals surface area (Å²) in [7, 11) is 0. The summed E-state index contributed by atoms with van der Waals surface area (Å²) in [6.07, 6.45) is 1.10. The molecule has 0 aromatic carbocycles. The number of nitrogens with one attached hydrogen (secondary N) is 1. The van der Waals surface area contributed by atoms with Crippen LogP contribution in [0.25, 0.3) is 0 Å². The maximum absolute atomic E-state index is 10.6. The van der Waals surface area contributed by atoms with E-state index < -0.39 is 0 Å². The van der Waals surface area contributed by atoms with Crippen molar-refractivity contribution in [2.45, 2.75) is 0 Å². The third-order valence-electron chi connectivity index (χ3n) is 1.10. The van der Waals surface area contributed by atoms with E-state index in [1.165, 1.54) is 4.57 Å². The summed E-state index contributed by atoms with van der Waals surface area (Å²) in [5.41, 5.74) is 0. The maximum atomic E-state index is 10.6. The fourth-order valence-electron chi connectivity index (χ4n) is 0.649. The van der Waals surface area contributed by atoms with E-state index in [1.54, 1.807) is 0 Å². The first kappa shape index (κ1) is 7.43. The number of rotatable bonds is 0. The van der Waals surface area contributed by atoms with Crippen molar-refractivity contribution in [3.8, 4) is 0 Å². The van der Waals surface area contributed by atoms with Gasteiger partial charge in [-0.15, -0.1) is 4.57 Å². The Balaban J connectivity index is 2.45. The van der Waals surface area contributed by atoms with Gasteiger partial charge in [0.05, 0.1) is 0 Å². The molecular weight excluding hydrogens is 204 g/mol. The molecule has 0 saturated heterocycles. The van der Waals surface area contributed by atoms with Crippen molar-refractivity contribution in [2.75, 3.05) is 0 Å². The van der Waals surface area contributed by atoms with E-state index in [1.807, 2.05) is 0 Å².